The van der Waals surface area contributed by atoms with Gasteiger partial charge in [-0.25, -0.2) is 0 Å². The van der Waals surface area contributed by atoms with E-state index >= 15 is 0 Å². The van der Waals surface area contributed by atoms with Gasteiger partial charge >= 0.3 is 5.97 Å². The van der Waals surface area contributed by atoms with Crippen LogP contribution < -0.4 is 0 Å². The Kier molecular flexibility index (Phi) is 36.6. The van der Waals surface area contributed by atoms with Gasteiger partial charge in [-0.1, -0.05) is 166 Å². The van der Waals surface area contributed by atoms with Crippen molar-refractivity contribution in [1.29, 1.82) is 0 Å². The lowest BCUT2D eigenvalue weighted by molar-refractivity contribution is -0.332. The minimum Gasteiger partial charge on any atom is -0.457 e. The number of esters is 1. The molecule has 7 N–H and O–H groups in total. The van der Waals surface area contributed by atoms with Crippen molar-refractivity contribution in [3.05, 3.63) is 36.5 Å². The molecular weight excluding hydrogens is 849 g/mol. The van der Waals surface area contributed by atoms with Crippen LogP contribution in [0.1, 0.15) is 187 Å². The lowest BCUT2D eigenvalue weighted by atomic mass is 9.98. The minimum atomic E-state index is -1.70. The molecule has 14 heteroatoms. The van der Waals surface area contributed by atoms with E-state index in [-0.39, 0.29) is 25.6 Å². The Balaban J connectivity index is 1.63. The van der Waals surface area contributed by atoms with Gasteiger partial charge < -0.3 is 64.2 Å². The van der Waals surface area contributed by atoms with E-state index in [1.807, 2.05) is 0 Å². The van der Waals surface area contributed by atoms with Crippen LogP contribution in [0.2, 0.25) is 0 Å². The summed E-state index contributed by atoms with van der Waals surface area (Å²) in [5.41, 5.74) is 0. The van der Waals surface area contributed by atoms with E-state index in [1.54, 1.807) is 0 Å². The first-order valence-corrected chi connectivity index (χ1v) is 26.1. The molecular formula is C52H94O14. The predicted octanol–water partition coefficient (Wildman–Crippen LogP) is 7.80. The van der Waals surface area contributed by atoms with E-state index in [9.17, 15) is 40.5 Å². The van der Waals surface area contributed by atoms with Gasteiger partial charge in [-0.05, 0) is 51.4 Å². The molecule has 386 valence electrons. The maximum atomic E-state index is 12.8. The van der Waals surface area contributed by atoms with Crippen molar-refractivity contribution < 1.29 is 69.0 Å². The highest BCUT2D eigenvalue weighted by molar-refractivity contribution is 5.69. The summed E-state index contributed by atoms with van der Waals surface area (Å²) < 4.78 is 34.1. The van der Waals surface area contributed by atoms with Crippen molar-refractivity contribution in [3.8, 4) is 0 Å². The third-order valence-corrected chi connectivity index (χ3v) is 12.4. The average Bonchev–Trinajstić information content (AvgIpc) is 3.31. The van der Waals surface area contributed by atoms with Crippen molar-refractivity contribution >= 4 is 5.97 Å². The van der Waals surface area contributed by atoms with E-state index in [1.165, 1.54) is 103 Å². The lowest BCUT2D eigenvalue weighted by Crippen LogP contribution is -2.61. The van der Waals surface area contributed by atoms with Crippen LogP contribution in [-0.4, -0.2) is 142 Å². The molecule has 14 nitrogen and oxygen atoms in total. The SMILES string of the molecule is CCCCCCC/C=C\C/C=C\C/C=C\CCCCCCCCCCCCCOCC(COC1OC(COC2OC(CO)C(O)C(O)C2O)C(O)C(O)C1O)OC(=O)CCCCCCCC. The zero-order chi connectivity index (χ0) is 48.0. The van der Waals surface area contributed by atoms with Crippen molar-refractivity contribution in [2.45, 2.75) is 255 Å². The van der Waals surface area contributed by atoms with Gasteiger partial charge in [0.25, 0.3) is 0 Å². The molecule has 0 saturated carbocycles. The molecule has 66 heavy (non-hydrogen) atoms. The molecule has 2 heterocycles. The molecule has 2 aliphatic heterocycles. The fraction of sp³-hybridized carbons (Fsp3) is 0.865. The van der Waals surface area contributed by atoms with Crippen LogP contribution in [0.4, 0.5) is 0 Å². The summed E-state index contributed by atoms with van der Waals surface area (Å²) in [5, 5.41) is 71.9. The van der Waals surface area contributed by atoms with Crippen molar-refractivity contribution in [2.75, 3.05) is 33.0 Å². The summed E-state index contributed by atoms with van der Waals surface area (Å²) in [7, 11) is 0. The maximum Gasteiger partial charge on any atom is 0.306 e. The normalized spacial score (nSPS) is 26.6. The van der Waals surface area contributed by atoms with Gasteiger partial charge in [0.05, 0.1) is 26.4 Å². The molecule has 0 aromatic heterocycles. The summed E-state index contributed by atoms with van der Waals surface area (Å²) >= 11 is 0. The second-order valence-electron chi connectivity index (χ2n) is 18.3. The van der Waals surface area contributed by atoms with Crippen LogP contribution in [0, 0.1) is 0 Å². The summed E-state index contributed by atoms with van der Waals surface area (Å²) in [4.78, 5) is 12.8. The Morgan fingerprint density at radius 1 is 0.500 bits per heavy atom. The Bertz CT molecular complexity index is 1230. The summed E-state index contributed by atoms with van der Waals surface area (Å²) in [6, 6.07) is 0. The first-order chi connectivity index (χ1) is 32.1. The quantitative estimate of drug-likeness (QED) is 0.0177. The van der Waals surface area contributed by atoms with Crippen molar-refractivity contribution in [3.63, 3.8) is 0 Å². The first-order valence-electron chi connectivity index (χ1n) is 26.1. The highest BCUT2D eigenvalue weighted by atomic mass is 16.7. The van der Waals surface area contributed by atoms with Gasteiger partial charge in [0.1, 0.15) is 54.9 Å². The largest absolute Gasteiger partial charge is 0.457 e. The number of ether oxygens (including phenoxy) is 6. The number of hydrogen-bond donors (Lipinski definition) is 7. The van der Waals surface area contributed by atoms with Gasteiger partial charge in [-0.3, -0.25) is 4.79 Å². The van der Waals surface area contributed by atoms with Gasteiger partial charge in [-0.2, -0.15) is 0 Å². The monoisotopic (exact) mass is 943 g/mol. The van der Waals surface area contributed by atoms with Crippen LogP contribution in [0.3, 0.4) is 0 Å². The van der Waals surface area contributed by atoms with E-state index < -0.39 is 80.7 Å². The summed E-state index contributed by atoms with van der Waals surface area (Å²) in [6.07, 6.45) is 28.3. The third-order valence-electron chi connectivity index (χ3n) is 12.4. The van der Waals surface area contributed by atoms with E-state index in [0.717, 1.165) is 57.8 Å². The molecule has 2 fully saturated rings. The Morgan fingerprint density at radius 3 is 1.47 bits per heavy atom. The van der Waals surface area contributed by atoms with Crippen molar-refractivity contribution in [2.24, 2.45) is 0 Å². The second kappa shape index (κ2) is 40.0. The van der Waals surface area contributed by atoms with Crippen LogP contribution in [-0.2, 0) is 33.2 Å². The predicted molar refractivity (Wildman–Crippen MR) is 256 cm³/mol. The first kappa shape index (κ1) is 60.3. The lowest BCUT2D eigenvalue weighted by Gasteiger charge is -2.42. The molecule has 2 saturated heterocycles. The number of unbranched alkanes of at least 4 members (excludes halogenated alkanes) is 21. The van der Waals surface area contributed by atoms with Crippen molar-refractivity contribution in [1.82, 2.24) is 0 Å². The van der Waals surface area contributed by atoms with E-state index in [0.29, 0.717) is 13.0 Å². The Morgan fingerprint density at radius 2 is 0.939 bits per heavy atom. The molecule has 0 aromatic rings. The maximum absolute atomic E-state index is 12.8. The highest BCUT2D eigenvalue weighted by Crippen LogP contribution is 2.26. The van der Waals surface area contributed by atoms with Crippen LogP contribution in [0.5, 0.6) is 0 Å². The second-order valence-corrected chi connectivity index (χ2v) is 18.3. The number of hydrogen-bond acceptors (Lipinski definition) is 14. The Labute approximate surface area is 398 Å². The number of allylic oxidation sites excluding steroid dienone is 6. The minimum absolute atomic E-state index is 0.0605. The highest BCUT2D eigenvalue weighted by Gasteiger charge is 2.47. The summed E-state index contributed by atoms with van der Waals surface area (Å²) in [5.74, 6) is -0.386. The summed E-state index contributed by atoms with van der Waals surface area (Å²) in [6.45, 7) is 3.60. The fourth-order valence-corrected chi connectivity index (χ4v) is 8.12. The molecule has 11 unspecified atom stereocenters. The number of aliphatic hydroxyl groups is 7. The molecule has 0 radical (unpaired) electrons. The Hall–Kier alpha value is -1.79. The smallest absolute Gasteiger partial charge is 0.306 e. The molecule has 0 bridgehead atoms. The third kappa shape index (κ3) is 27.4. The topological polar surface area (TPSA) is 214 Å². The van der Waals surface area contributed by atoms with Gasteiger partial charge in [0.15, 0.2) is 12.6 Å². The molecule has 11 atom stereocenters. The van der Waals surface area contributed by atoms with Crippen LogP contribution in [0.15, 0.2) is 36.5 Å². The standard InChI is InChI=1S/C52H94O14/c1-3-5-7-9-11-12-13-14-15-16-17-18-19-20-21-22-23-24-25-26-27-28-29-30-32-34-36-61-38-41(64-44(54)35-33-31-10-8-6-4-2)39-62-51-50(60)48(58)46(56)43(66-51)40-63-52-49(59)47(57)45(55)42(37-53)65-52/h13-14,16-17,19-20,41-43,45-53,55-60H,3-12,15,18,21-40H2,1-2H3/b14-13-,17-16-,20-19-. The molecule has 0 aliphatic carbocycles. The molecule has 0 amide bonds. The fourth-order valence-electron chi connectivity index (χ4n) is 8.12. The number of aliphatic hydroxyl groups excluding tert-OH is 7. The molecule has 0 spiro atoms. The van der Waals surface area contributed by atoms with Gasteiger partial charge in [-0.15, -0.1) is 0 Å². The van der Waals surface area contributed by atoms with Crippen LogP contribution in [0.25, 0.3) is 0 Å². The number of rotatable bonds is 41. The zero-order valence-electron chi connectivity index (χ0n) is 40.9. The van der Waals surface area contributed by atoms with E-state index in [4.69, 9.17) is 28.4 Å². The van der Waals surface area contributed by atoms with Gasteiger partial charge in [0, 0.05) is 13.0 Å². The van der Waals surface area contributed by atoms with Gasteiger partial charge in [0.2, 0.25) is 0 Å². The average molecular weight is 943 g/mol. The molecule has 2 rings (SSSR count). The van der Waals surface area contributed by atoms with E-state index in [2.05, 4.69) is 50.3 Å². The van der Waals surface area contributed by atoms with Crippen LogP contribution >= 0.6 is 0 Å². The number of carbonyl (C=O) groups is 1. The molecule has 2 aliphatic rings. The molecule has 0 aromatic carbocycles. The number of carbonyl (C=O) groups excluding carboxylic acids is 1. The zero-order valence-corrected chi connectivity index (χ0v) is 40.9.